The predicted octanol–water partition coefficient (Wildman–Crippen LogP) is 2.56. The number of nitrogens with two attached hydrogens (primary N) is 1. The summed E-state index contributed by atoms with van der Waals surface area (Å²) in [6.07, 6.45) is 0. The number of nitrogens with one attached hydrogen (secondary N) is 2. The molecular weight excluding hydrogens is 272 g/mol. The van der Waals surface area contributed by atoms with Crippen molar-refractivity contribution in [2.45, 2.75) is 19.9 Å². The Kier molecular flexibility index (Phi) is 4.70. The van der Waals surface area contributed by atoms with Gasteiger partial charge in [0, 0.05) is 4.88 Å². The van der Waals surface area contributed by atoms with E-state index in [-0.39, 0.29) is 11.9 Å². The highest BCUT2D eigenvalue weighted by Gasteiger charge is 2.20. The predicted molar refractivity (Wildman–Crippen MR) is 81.4 cm³/mol. The van der Waals surface area contributed by atoms with Crippen LogP contribution in [0.3, 0.4) is 0 Å². The molecule has 5 nitrogen and oxygen atoms in total. The fourth-order valence-electron chi connectivity index (χ4n) is 1.89. The molecule has 4 N–H and O–H groups in total. The van der Waals surface area contributed by atoms with E-state index in [1.54, 1.807) is 29.5 Å². The highest BCUT2D eigenvalue weighted by molar-refractivity contribution is 7.10. The van der Waals surface area contributed by atoms with Crippen LogP contribution < -0.4 is 16.6 Å². The lowest BCUT2D eigenvalue weighted by Crippen LogP contribution is -2.32. The molecule has 2 aromatic rings. The fourth-order valence-corrected chi connectivity index (χ4v) is 2.84. The molecule has 1 amide bonds. The summed E-state index contributed by atoms with van der Waals surface area (Å²) >= 11 is 1.64. The first-order chi connectivity index (χ1) is 9.61. The van der Waals surface area contributed by atoms with Crippen LogP contribution in [0.4, 0.5) is 5.82 Å². The number of hydrogen-bond donors (Lipinski definition) is 3. The number of amides is 1. The van der Waals surface area contributed by atoms with Crippen molar-refractivity contribution in [2.24, 2.45) is 11.8 Å². The van der Waals surface area contributed by atoms with Gasteiger partial charge in [0.15, 0.2) is 0 Å². The lowest BCUT2D eigenvalue weighted by molar-refractivity contribution is 0.0921. The summed E-state index contributed by atoms with van der Waals surface area (Å²) in [6.45, 7) is 4.16. The Bertz CT molecular complexity index is 568. The quantitative estimate of drug-likeness (QED) is 0.584. The summed E-state index contributed by atoms with van der Waals surface area (Å²) in [6, 6.07) is 9.11. The number of carbonyl (C=O) groups excluding carboxylic acids is 1. The van der Waals surface area contributed by atoms with Crippen LogP contribution >= 0.6 is 11.3 Å². The van der Waals surface area contributed by atoms with E-state index in [1.165, 1.54) is 0 Å². The van der Waals surface area contributed by atoms with Crippen LogP contribution in [0.2, 0.25) is 0 Å². The van der Waals surface area contributed by atoms with Crippen molar-refractivity contribution >= 4 is 23.1 Å². The van der Waals surface area contributed by atoms with E-state index in [2.05, 4.69) is 29.6 Å². The van der Waals surface area contributed by atoms with Crippen LogP contribution in [0.15, 0.2) is 35.7 Å². The van der Waals surface area contributed by atoms with Gasteiger partial charge in [-0.3, -0.25) is 4.79 Å². The number of carbonyl (C=O) groups is 1. The van der Waals surface area contributed by atoms with E-state index < -0.39 is 0 Å². The second-order valence-corrected chi connectivity index (χ2v) is 5.74. The Morgan fingerprint density at radius 3 is 2.70 bits per heavy atom. The standard InChI is InChI=1S/C14H18N4OS/c1-9(2)13(11-6-4-8-20-11)17-14(19)10-5-3-7-12(16-10)18-15/h3-9,13H,15H2,1-2H3,(H,16,18)(H,17,19). The zero-order valence-corrected chi connectivity index (χ0v) is 12.3. The number of anilines is 1. The average molecular weight is 290 g/mol. The van der Waals surface area contributed by atoms with Crippen LogP contribution in [0, 0.1) is 5.92 Å². The van der Waals surface area contributed by atoms with Crippen molar-refractivity contribution < 1.29 is 4.79 Å². The molecule has 6 heteroatoms. The van der Waals surface area contributed by atoms with E-state index in [0.29, 0.717) is 17.4 Å². The number of aromatic nitrogens is 1. The second-order valence-electron chi connectivity index (χ2n) is 4.76. The largest absolute Gasteiger partial charge is 0.343 e. The molecule has 0 aromatic carbocycles. The molecule has 0 saturated carbocycles. The Morgan fingerprint density at radius 1 is 1.30 bits per heavy atom. The van der Waals surface area contributed by atoms with Gasteiger partial charge in [-0.25, -0.2) is 10.8 Å². The molecule has 0 saturated heterocycles. The van der Waals surface area contributed by atoms with Gasteiger partial charge in [0.2, 0.25) is 0 Å². The number of nitrogens with zero attached hydrogens (tertiary/aromatic N) is 1. The van der Waals surface area contributed by atoms with Gasteiger partial charge in [0.05, 0.1) is 6.04 Å². The monoisotopic (exact) mass is 290 g/mol. The van der Waals surface area contributed by atoms with E-state index in [9.17, 15) is 4.79 Å². The van der Waals surface area contributed by atoms with Gasteiger partial charge in [-0.05, 0) is 29.5 Å². The van der Waals surface area contributed by atoms with Crippen LogP contribution in [-0.4, -0.2) is 10.9 Å². The fraction of sp³-hybridized carbons (Fsp3) is 0.286. The number of hydrazine groups is 1. The first-order valence-electron chi connectivity index (χ1n) is 6.39. The smallest absolute Gasteiger partial charge is 0.270 e. The van der Waals surface area contributed by atoms with Gasteiger partial charge in [-0.1, -0.05) is 26.0 Å². The second kappa shape index (κ2) is 6.49. The SMILES string of the molecule is CC(C)C(NC(=O)c1cccc(NN)n1)c1cccs1. The third-order valence-corrected chi connectivity index (χ3v) is 3.89. The van der Waals surface area contributed by atoms with Crippen LogP contribution in [-0.2, 0) is 0 Å². The normalized spacial score (nSPS) is 12.2. The molecule has 0 aliphatic rings. The first kappa shape index (κ1) is 14.5. The van der Waals surface area contributed by atoms with Gasteiger partial charge < -0.3 is 10.7 Å². The molecule has 2 heterocycles. The Hall–Kier alpha value is -1.92. The maximum absolute atomic E-state index is 12.3. The Balaban J connectivity index is 2.16. The highest BCUT2D eigenvalue weighted by Crippen LogP contribution is 2.26. The van der Waals surface area contributed by atoms with Gasteiger partial charge in [-0.2, -0.15) is 0 Å². The average Bonchev–Trinajstić information content (AvgIpc) is 2.98. The van der Waals surface area contributed by atoms with Crippen molar-refractivity contribution in [2.75, 3.05) is 5.43 Å². The van der Waals surface area contributed by atoms with Gasteiger partial charge >= 0.3 is 0 Å². The zero-order valence-electron chi connectivity index (χ0n) is 11.5. The number of hydrogen-bond acceptors (Lipinski definition) is 5. The minimum Gasteiger partial charge on any atom is -0.343 e. The molecule has 0 bridgehead atoms. The molecule has 2 rings (SSSR count). The number of rotatable bonds is 5. The molecule has 1 atom stereocenters. The lowest BCUT2D eigenvalue weighted by Gasteiger charge is -2.21. The summed E-state index contributed by atoms with van der Waals surface area (Å²) in [5.41, 5.74) is 2.79. The zero-order chi connectivity index (χ0) is 14.5. The van der Waals surface area contributed by atoms with Crippen LogP contribution in [0.1, 0.15) is 35.3 Å². The maximum Gasteiger partial charge on any atom is 0.270 e. The van der Waals surface area contributed by atoms with Crippen LogP contribution in [0.25, 0.3) is 0 Å². The number of thiophene rings is 1. The van der Waals surface area contributed by atoms with Crippen molar-refractivity contribution in [1.82, 2.24) is 10.3 Å². The molecule has 1 unspecified atom stereocenters. The molecular formula is C14H18N4OS. The molecule has 0 fully saturated rings. The van der Waals surface area contributed by atoms with Crippen LogP contribution in [0.5, 0.6) is 0 Å². The van der Waals surface area contributed by atoms with E-state index in [4.69, 9.17) is 5.84 Å². The topological polar surface area (TPSA) is 80.0 Å². The minimum atomic E-state index is -0.200. The van der Waals surface area contributed by atoms with E-state index in [1.807, 2.05) is 17.5 Å². The molecule has 20 heavy (non-hydrogen) atoms. The van der Waals surface area contributed by atoms with Crippen molar-refractivity contribution in [3.63, 3.8) is 0 Å². The van der Waals surface area contributed by atoms with Crippen molar-refractivity contribution in [1.29, 1.82) is 0 Å². The Labute approximate surface area is 122 Å². The van der Waals surface area contributed by atoms with Gasteiger partial charge in [-0.15, -0.1) is 11.3 Å². The Morgan fingerprint density at radius 2 is 2.10 bits per heavy atom. The molecule has 0 radical (unpaired) electrons. The third-order valence-electron chi connectivity index (χ3n) is 2.93. The molecule has 2 aromatic heterocycles. The highest BCUT2D eigenvalue weighted by atomic mass is 32.1. The van der Waals surface area contributed by atoms with Gasteiger partial charge in [0.1, 0.15) is 11.5 Å². The number of nitrogen functional groups attached to an aromatic ring is 1. The number of pyridine rings is 1. The molecule has 0 aliphatic heterocycles. The summed E-state index contributed by atoms with van der Waals surface area (Å²) in [4.78, 5) is 17.6. The summed E-state index contributed by atoms with van der Waals surface area (Å²) in [5, 5.41) is 5.03. The summed E-state index contributed by atoms with van der Waals surface area (Å²) in [7, 11) is 0. The molecule has 106 valence electrons. The maximum atomic E-state index is 12.3. The van der Waals surface area contributed by atoms with Gasteiger partial charge in [0.25, 0.3) is 5.91 Å². The first-order valence-corrected chi connectivity index (χ1v) is 7.27. The summed E-state index contributed by atoms with van der Waals surface area (Å²) < 4.78 is 0. The van der Waals surface area contributed by atoms with Crippen molar-refractivity contribution in [3.8, 4) is 0 Å². The summed E-state index contributed by atoms with van der Waals surface area (Å²) in [5.74, 6) is 5.87. The van der Waals surface area contributed by atoms with Crippen molar-refractivity contribution in [3.05, 3.63) is 46.3 Å². The third kappa shape index (κ3) is 3.34. The molecule has 0 spiro atoms. The molecule has 0 aliphatic carbocycles. The van der Waals surface area contributed by atoms with E-state index >= 15 is 0 Å². The lowest BCUT2D eigenvalue weighted by atomic mass is 10.0. The minimum absolute atomic E-state index is 0.0150. The van der Waals surface area contributed by atoms with E-state index in [0.717, 1.165) is 4.88 Å².